The Hall–Kier alpha value is -1.34. The van der Waals surface area contributed by atoms with Crippen LogP contribution in [0.5, 0.6) is 0 Å². The maximum Gasteiger partial charge on any atom is 0.488 e. The standard InChI is InChI=1S/C7H7BN2O2.BH2O2/c11-8(12)6-1-2-7-5(3-6)4-9-10-7;2-1-3/h1-4,11-12H,(H,9,10);2-3H. The van der Waals surface area contributed by atoms with Gasteiger partial charge in [-0.1, -0.05) is 12.1 Å². The molecule has 1 heterocycles. The van der Waals surface area contributed by atoms with Crippen molar-refractivity contribution in [3.63, 3.8) is 0 Å². The first-order chi connectivity index (χ1) is 7.19. The van der Waals surface area contributed by atoms with Gasteiger partial charge in [-0.25, -0.2) is 0 Å². The summed E-state index contributed by atoms with van der Waals surface area (Å²) >= 11 is 0. The van der Waals surface area contributed by atoms with Gasteiger partial charge in [0.15, 0.2) is 0 Å². The molecule has 0 aliphatic carbocycles. The van der Waals surface area contributed by atoms with Crippen LogP contribution in [0.2, 0.25) is 0 Å². The van der Waals surface area contributed by atoms with Crippen LogP contribution in [0.3, 0.4) is 0 Å². The van der Waals surface area contributed by atoms with Gasteiger partial charge in [0, 0.05) is 5.39 Å². The van der Waals surface area contributed by atoms with Gasteiger partial charge in [0.05, 0.1) is 11.7 Å². The Morgan fingerprint density at radius 3 is 2.53 bits per heavy atom. The molecule has 0 unspecified atom stereocenters. The topological polar surface area (TPSA) is 110 Å². The summed E-state index contributed by atoms with van der Waals surface area (Å²) in [6.07, 6.45) is 1.64. The summed E-state index contributed by atoms with van der Waals surface area (Å²) in [6, 6.07) is 5.09. The van der Waals surface area contributed by atoms with Crippen molar-refractivity contribution in [1.82, 2.24) is 10.2 Å². The molecule has 0 saturated heterocycles. The van der Waals surface area contributed by atoms with E-state index >= 15 is 0 Å². The molecular formula is C7H9B2N2O4. The summed E-state index contributed by atoms with van der Waals surface area (Å²) in [7, 11) is -1.41. The summed E-state index contributed by atoms with van der Waals surface area (Å²) < 4.78 is 0. The summed E-state index contributed by atoms with van der Waals surface area (Å²) in [6.45, 7) is 0. The highest BCUT2D eigenvalue weighted by Gasteiger charge is 2.10. The van der Waals surface area contributed by atoms with Crippen molar-refractivity contribution in [3.8, 4) is 0 Å². The average molecular weight is 207 g/mol. The summed E-state index contributed by atoms with van der Waals surface area (Å²) in [4.78, 5) is 0. The summed E-state index contributed by atoms with van der Waals surface area (Å²) in [5, 5.41) is 39.2. The highest BCUT2D eigenvalue weighted by Crippen LogP contribution is 2.06. The SMILES string of the molecule is OB(O)c1ccc2[nH]ncc2c1.O[B]O. The number of hydrogen-bond donors (Lipinski definition) is 5. The maximum atomic E-state index is 8.85. The van der Waals surface area contributed by atoms with Crippen molar-refractivity contribution in [2.24, 2.45) is 0 Å². The number of H-pyrrole nitrogens is 1. The third-order valence-corrected chi connectivity index (χ3v) is 1.76. The normalized spacial score (nSPS) is 9.33. The Kier molecular flexibility index (Phi) is 4.32. The van der Waals surface area contributed by atoms with Gasteiger partial charge >= 0.3 is 14.8 Å². The van der Waals surface area contributed by atoms with Crippen LogP contribution >= 0.6 is 0 Å². The second kappa shape index (κ2) is 5.52. The van der Waals surface area contributed by atoms with Crippen molar-refractivity contribution in [3.05, 3.63) is 24.4 Å². The van der Waals surface area contributed by atoms with E-state index in [0.717, 1.165) is 10.9 Å². The van der Waals surface area contributed by atoms with Gasteiger partial charge in [-0.05, 0) is 11.5 Å². The molecule has 0 saturated carbocycles. The Morgan fingerprint density at radius 2 is 1.93 bits per heavy atom. The average Bonchev–Trinajstić information content (AvgIpc) is 2.65. The highest BCUT2D eigenvalue weighted by molar-refractivity contribution is 6.58. The van der Waals surface area contributed by atoms with Crippen LogP contribution in [0, 0.1) is 0 Å². The third-order valence-electron chi connectivity index (χ3n) is 1.76. The number of nitrogens with zero attached hydrogens (tertiary/aromatic N) is 1. The number of fused-ring (bicyclic) bond motifs is 1. The fourth-order valence-corrected chi connectivity index (χ4v) is 1.12. The Labute approximate surface area is 86.6 Å². The second-order valence-corrected chi connectivity index (χ2v) is 2.71. The Morgan fingerprint density at radius 1 is 1.27 bits per heavy atom. The molecule has 2 rings (SSSR count). The summed E-state index contributed by atoms with van der Waals surface area (Å²) in [5.74, 6) is 0. The van der Waals surface area contributed by atoms with Crippen LogP contribution < -0.4 is 5.46 Å². The van der Waals surface area contributed by atoms with Crippen molar-refractivity contribution >= 4 is 31.2 Å². The monoisotopic (exact) mass is 207 g/mol. The van der Waals surface area contributed by atoms with Gasteiger partial charge in [-0.15, -0.1) is 0 Å². The molecule has 1 aromatic heterocycles. The molecule has 0 bridgehead atoms. The molecule has 0 aliphatic heterocycles. The molecule has 0 amide bonds. The van der Waals surface area contributed by atoms with E-state index in [0.29, 0.717) is 5.46 Å². The first-order valence-electron chi connectivity index (χ1n) is 4.08. The predicted molar refractivity (Wildman–Crippen MR) is 56.1 cm³/mol. The van der Waals surface area contributed by atoms with Crippen molar-refractivity contribution < 1.29 is 20.1 Å². The van der Waals surface area contributed by atoms with E-state index in [1.165, 1.54) is 0 Å². The lowest BCUT2D eigenvalue weighted by Gasteiger charge is -1.97. The lowest BCUT2D eigenvalue weighted by molar-refractivity contribution is 0.426. The van der Waals surface area contributed by atoms with Crippen LogP contribution in [0.15, 0.2) is 24.4 Å². The molecular weight excluding hydrogens is 198 g/mol. The zero-order valence-corrected chi connectivity index (χ0v) is 7.70. The van der Waals surface area contributed by atoms with Crippen LogP contribution in [0.1, 0.15) is 0 Å². The minimum atomic E-state index is -1.41. The summed E-state index contributed by atoms with van der Waals surface area (Å²) in [5.41, 5.74) is 1.36. The van der Waals surface area contributed by atoms with E-state index in [4.69, 9.17) is 20.1 Å². The lowest BCUT2D eigenvalue weighted by Crippen LogP contribution is -2.29. The lowest BCUT2D eigenvalue weighted by atomic mass is 9.80. The highest BCUT2D eigenvalue weighted by atomic mass is 16.4. The van der Waals surface area contributed by atoms with E-state index in [1.807, 2.05) is 0 Å². The molecule has 0 spiro atoms. The molecule has 77 valence electrons. The first kappa shape index (κ1) is 11.7. The van der Waals surface area contributed by atoms with Gasteiger partial charge in [0.25, 0.3) is 0 Å². The number of nitrogens with one attached hydrogen (secondary N) is 1. The van der Waals surface area contributed by atoms with Crippen LogP contribution in [0.4, 0.5) is 0 Å². The smallest absolute Gasteiger partial charge is 0.429 e. The van der Waals surface area contributed by atoms with Crippen molar-refractivity contribution in [1.29, 1.82) is 0 Å². The first-order valence-corrected chi connectivity index (χ1v) is 4.08. The molecule has 8 heteroatoms. The van der Waals surface area contributed by atoms with Crippen LogP contribution in [0.25, 0.3) is 10.9 Å². The predicted octanol–water partition coefficient (Wildman–Crippen LogP) is -2.25. The number of hydrogen-bond acceptors (Lipinski definition) is 5. The van der Waals surface area contributed by atoms with E-state index < -0.39 is 7.12 Å². The van der Waals surface area contributed by atoms with Gasteiger partial charge in [0.2, 0.25) is 0 Å². The molecule has 1 aromatic carbocycles. The van der Waals surface area contributed by atoms with E-state index in [2.05, 4.69) is 10.2 Å². The van der Waals surface area contributed by atoms with Crippen molar-refractivity contribution in [2.75, 3.05) is 0 Å². The van der Waals surface area contributed by atoms with Gasteiger partial charge < -0.3 is 20.1 Å². The zero-order chi connectivity index (χ0) is 11.3. The number of rotatable bonds is 1. The number of benzene rings is 1. The zero-order valence-electron chi connectivity index (χ0n) is 7.70. The molecule has 6 nitrogen and oxygen atoms in total. The van der Waals surface area contributed by atoms with Gasteiger partial charge in [0.1, 0.15) is 0 Å². The second-order valence-electron chi connectivity index (χ2n) is 2.71. The molecule has 0 fully saturated rings. The van der Waals surface area contributed by atoms with E-state index in [1.54, 1.807) is 24.4 Å². The third kappa shape index (κ3) is 3.07. The van der Waals surface area contributed by atoms with Crippen LogP contribution in [-0.2, 0) is 0 Å². The van der Waals surface area contributed by atoms with Gasteiger partial charge in [-0.2, -0.15) is 5.10 Å². The Bertz CT molecular complexity index is 420. The number of aromatic amines is 1. The fourth-order valence-electron chi connectivity index (χ4n) is 1.12. The minimum absolute atomic E-state index is 0. The molecule has 15 heavy (non-hydrogen) atoms. The number of aromatic nitrogens is 2. The van der Waals surface area contributed by atoms with Crippen molar-refractivity contribution in [2.45, 2.75) is 0 Å². The molecule has 0 atom stereocenters. The maximum absolute atomic E-state index is 8.85. The quantitative estimate of drug-likeness (QED) is 0.339. The van der Waals surface area contributed by atoms with E-state index in [-0.39, 0.29) is 7.69 Å². The minimum Gasteiger partial charge on any atom is -0.429 e. The van der Waals surface area contributed by atoms with E-state index in [9.17, 15) is 0 Å². The van der Waals surface area contributed by atoms with Crippen LogP contribution in [-0.4, -0.2) is 45.1 Å². The Balaban J connectivity index is 0.000000337. The fraction of sp³-hybridized carbons (Fsp3) is 0. The molecule has 1 radical (unpaired) electrons. The van der Waals surface area contributed by atoms with Gasteiger partial charge in [-0.3, -0.25) is 5.10 Å². The molecule has 0 aliphatic rings. The largest absolute Gasteiger partial charge is 0.488 e. The molecule has 2 aromatic rings. The molecule has 5 N–H and O–H groups in total.